The Kier molecular flexibility index (Phi) is 4.60. The van der Waals surface area contributed by atoms with Crippen LogP contribution in [-0.4, -0.2) is 12.6 Å². The highest BCUT2D eigenvalue weighted by atomic mass is 16.5. The second-order valence-electron chi connectivity index (χ2n) is 4.25. The van der Waals surface area contributed by atoms with Crippen LogP contribution in [0.5, 0.6) is 5.75 Å². The van der Waals surface area contributed by atoms with E-state index in [4.69, 9.17) is 15.2 Å². The van der Waals surface area contributed by atoms with Gasteiger partial charge in [0.25, 0.3) is 0 Å². The van der Waals surface area contributed by atoms with E-state index in [2.05, 4.69) is 0 Å². The van der Waals surface area contributed by atoms with E-state index in [1.165, 1.54) is 0 Å². The van der Waals surface area contributed by atoms with Crippen molar-refractivity contribution in [2.24, 2.45) is 0 Å². The first kappa shape index (κ1) is 13.9. The standard InChI is InChI=1S/C16H17NO3/c1-2-19-16(18)14-9-8-13(17)10-15(14)20-11-12-6-4-3-5-7-12/h3-10H,2,11,17H2,1H3. The number of hydrogen-bond acceptors (Lipinski definition) is 4. The zero-order valence-electron chi connectivity index (χ0n) is 11.3. The number of carbonyl (C=O) groups excluding carboxylic acids is 1. The Balaban J connectivity index is 2.17. The molecule has 2 N–H and O–H groups in total. The molecule has 20 heavy (non-hydrogen) atoms. The molecular formula is C16H17NO3. The lowest BCUT2D eigenvalue weighted by atomic mass is 10.2. The second kappa shape index (κ2) is 6.61. The molecule has 4 nitrogen and oxygen atoms in total. The van der Waals surface area contributed by atoms with E-state index in [-0.39, 0.29) is 0 Å². The molecule has 0 saturated carbocycles. The van der Waals surface area contributed by atoms with Crippen molar-refractivity contribution in [1.82, 2.24) is 0 Å². The molecule has 0 amide bonds. The Morgan fingerprint density at radius 2 is 1.90 bits per heavy atom. The van der Waals surface area contributed by atoms with Crippen molar-refractivity contribution < 1.29 is 14.3 Å². The van der Waals surface area contributed by atoms with Crippen LogP contribution in [-0.2, 0) is 11.3 Å². The van der Waals surface area contributed by atoms with E-state index in [1.807, 2.05) is 30.3 Å². The van der Waals surface area contributed by atoms with Gasteiger partial charge in [-0.1, -0.05) is 30.3 Å². The van der Waals surface area contributed by atoms with Gasteiger partial charge in [-0.05, 0) is 24.6 Å². The minimum atomic E-state index is -0.407. The van der Waals surface area contributed by atoms with Crippen molar-refractivity contribution in [3.8, 4) is 5.75 Å². The predicted molar refractivity (Wildman–Crippen MR) is 77.6 cm³/mol. The average molecular weight is 271 g/mol. The Bertz CT molecular complexity index is 582. The van der Waals surface area contributed by atoms with Crippen molar-refractivity contribution in [3.05, 3.63) is 59.7 Å². The molecule has 0 aromatic heterocycles. The molecule has 0 heterocycles. The lowest BCUT2D eigenvalue weighted by Gasteiger charge is -2.11. The average Bonchev–Trinajstić information content (AvgIpc) is 2.46. The van der Waals surface area contributed by atoms with Crippen LogP contribution in [0.2, 0.25) is 0 Å². The monoisotopic (exact) mass is 271 g/mol. The fourth-order valence-electron chi connectivity index (χ4n) is 1.77. The van der Waals surface area contributed by atoms with Crippen LogP contribution in [0.15, 0.2) is 48.5 Å². The first-order valence-corrected chi connectivity index (χ1v) is 6.44. The van der Waals surface area contributed by atoms with Gasteiger partial charge in [0, 0.05) is 11.8 Å². The molecule has 0 aliphatic rings. The van der Waals surface area contributed by atoms with Crippen molar-refractivity contribution in [1.29, 1.82) is 0 Å². The summed E-state index contributed by atoms with van der Waals surface area (Å²) >= 11 is 0. The molecule has 0 fully saturated rings. The normalized spacial score (nSPS) is 10.1. The first-order valence-electron chi connectivity index (χ1n) is 6.44. The Morgan fingerprint density at radius 3 is 2.60 bits per heavy atom. The van der Waals surface area contributed by atoms with Gasteiger partial charge in [-0.25, -0.2) is 4.79 Å². The number of nitrogens with two attached hydrogens (primary N) is 1. The maximum Gasteiger partial charge on any atom is 0.341 e. The summed E-state index contributed by atoms with van der Waals surface area (Å²) < 4.78 is 10.7. The van der Waals surface area contributed by atoms with Gasteiger partial charge in [-0.15, -0.1) is 0 Å². The van der Waals surface area contributed by atoms with Crippen LogP contribution < -0.4 is 10.5 Å². The molecule has 4 heteroatoms. The minimum Gasteiger partial charge on any atom is -0.488 e. The van der Waals surface area contributed by atoms with Gasteiger partial charge in [-0.2, -0.15) is 0 Å². The van der Waals surface area contributed by atoms with Crippen LogP contribution in [0.4, 0.5) is 5.69 Å². The van der Waals surface area contributed by atoms with Crippen LogP contribution in [0.1, 0.15) is 22.8 Å². The Hall–Kier alpha value is -2.49. The molecule has 0 aliphatic carbocycles. The number of benzene rings is 2. The lowest BCUT2D eigenvalue weighted by Crippen LogP contribution is -2.08. The van der Waals surface area contributed by atoms with E-state index in [0.717, 1.165) is 5.56 Å². The largest absolute Gasteiger partial charge is 0.488 e. The summed E-state index contributed by atoms with van der Waals surface area (Å²) in [7, 11) is 0. The number of esters is 1. The molecule has 0 radical (unpaired) electrons. The predicted octanol–water partition coefficient (Wildman–Crippen LogP) is 3.02. The first-order chi connectivity index (χ1) is 9.70. The third-order valence-electron chi connectivity index (χ3n) is 2.74. The number of anilines is 1. The molecule has 0 unspecified atom stereocenters. The lowest BCUT2D eigenvalue weighted by molar-refractivity contribution is 0.0521. The number of nitrogen functional groups attached to an aromatic ring is 1. The van der Waals surface area contributed by atoms with Gasteiger partial charge in [-0.3, -0.25) is 0 Å². The number of hydrogen-bond donors (Lipinski definition) is 1. The minimum absolute atomic E-state index is 0.321. The molecule has 0 spiro atoms. The number of carbonyl (C=O) groups is 1. The van der Waals surface area contributed by atoms with E-state index in [9.17, 15) is 4.79 Å². The van der Waals surface area contributed by atoms with Gasteiger partial charge in [0.2, 0.25) is 0 Å². The third kappa shape index (κ3) is 3.51. The van der Waals surface area contributed by atoms with Gasteiger partial charge < -0.3 is 15.2 Å². The van der Waals surface area contributed by atoms with Crippen LogP contribution in [0.3, 0.4) is 0 Å². The third-order valence-corrected chi connectivity index (χ3v) is 2.74. The summed E-state index contributed by atoms with van der Waals surface area (Å²) in [5, 5.41) is 0. The van der Waals surface area contributed by atoms with Crippen LogP contribution in [0, 0.1) is 0 Å². The van der Waals surface area contributed by atoms with Gasteiger partial charge in [0.1, 0.15) is 17.9 Å². The Labute approximate surface area is 118 Å². The van der Waals surface area contributed by atoms with Crippen molar-refractivity contribution in [3.63, 3.8) is 0 Å². The number of ether oxygens (including phenoxy) is 2. The maximum atomic E-state index is 11.8. The van der Waals surface area contributed by atoms with Crippen molar-refractivity contribution in [2.45, 2.75) is 13.5 Å². The fourth-order valence-corrected chi connectivity index (χ4v) is 1.77. The smallest absolute Gasteiger partial charge is 0.341 e. The molecule has 2 aromatic carbocycles. The second-order valence-corrected chi connectivity index (χ2v) is 4.25. The van der Waals surface area contributed by atoms with E-state index in [0.29, 0.717) is 30.2 Å². The quantitative estimate of drug-likeness (QED) is 0.670. The van der Waals surface area contributed by atoms with E-state index >= 15 is 0 Å². The van der Waals surface area contributed by atoms with Crippen molar-refractivity contribution >= 4 is 11.7 Å². The summed E-state index contributed by atoms with van der Waals surface area (Å²) in [6, 6.07) is 14.6. The topological polar surface area (TPSA) is 61.5 Å². The van der Waals surface area contributed by atoms with Crippen LogP contribution in [0.25, 0.3) is 0 Å². The summed E-state index contributed by atoms with van der Waals surface area (Å²) in [4.78, 5) is 11.8. The number of rotatable bonds is 5. The molecule has 0 bridgehead atoms. The SMILES string of the molecule is CCOC(=O)c1ccc(N)cc1OCc1ccccc1. The zero-order valence-corrected chi connectivity index (χ0v) is 11.3. The molecule has 2 aromatic rings. The summed E-state index contributed by atoms with van der Waals surface area (Å²) in [5.41, 5.74) is 7.69. The molecule has 0 atom stereocenters. The summed E-state index contributed by atoms with van der Waals surface area (Å²) in [6.45, 7) is 2.46. The van der Waals surface area contributed by atoms with Crippen molar-refractivity contribution in [2.75, 3.05) is 12.3 Å². The molecule has 0 aliphatic heterocycles. The van der Waals surface area contributed by atoms with Gasteiger partial charge in [0.05, 0.1) is 6.61 Å². The van der Waals surface area contributed by atoms with Gasteiger partial charge >= 0.3 is 5.97 Å². The summed E-state index contributed by atoms with van der Waals surface area (Å²) in [6.07, 6.45) is 0. The molecule has 104 valence electrons. The molecule has 2 rings (SSSR count). The van der Waals surface area contributed by atoms with Crippen LogP contribution >= 0.6 is 0 Å². The maximum absolute atomic E-state index is 11.8. The Morgan fingerprint density at radius 1 is 1.15 bits per heavy atom. The highest BCUT2D eigenvalue weighted by Gasteiger charge is 2.14. The fraction of sp³-hybridized carbons (Fsp3) is 0.188. The summed E-state index contributed by atoms with van der Waals surface area (Å²) in [5.74, 6) is 0.0304. The molecular weight excluding hydrogens is 254 g/mol. The van der Waals surface area contributed by atoms with Gasteiger partial charge in [0.15, 0.2) is 0 Å². The zero-order chi connectivity index (χ0) is 14.4. The highest BCUT2D eigenvalue weighted by molar-refractivity contribution is 5.93. The van der Waals surface area contributed by atoms with E-state index in [1.54, 1.807) is 25.1 Å². The highest BCUT2D eigenvalue weighted by Crippen LogP contribution is 2.23. The molecule has 0 saturated heterocycles. The van der Waals surface area contributed by atoms with E-state index < -0.39 is 5.97 Å².